The van der Waals surface area contributed by atoms with Crippen LogP contribution in [0, 0.1) is 0 Å². The van der Waals surface area contributed by atoms with Gasteiger partial charge in [0.05, 0.1) is 6.42 Å². The van der Waals surface area contributed by atoms with Crippen molar-refractivity contribution in [3.8, 4) is 0 Å². The summed E-state index contributed by atoms with van der Waals surface area (Å²) in [6.45, 7) is 0.842. The number of pyridine rings is 1. The Bertz CT molecular complexity index is 352. The van der Waals surface area contributed by atoms with Gasteiger partial charge in [-0.2, -0.15) is 0 Å². The number of fused-ring (bicyclic) bond motifs is 1. The molecule has 2 rings (SSSR count). The number of aromatic nitrogens is 1. The summed E-state index contributed by atoms with van der Waals surface area (Å²) in [5.41, 5.74) is 2.24. The molecule has 0 aromatic carbocycles. The third-order valence-electron chi connectivity index (χ3n) is 2.49. The van der Waals surface area contributed by atoms with Crippen molar-refractivity contribution in [2.24, 2.45) is 0 Å². The minimum absolute atomic E-state index is 0.0788. The average Bonchev–Trinajstić information content (AvgIpc) is 2.18. The number of carbonyl (C=O) groups is 1. The first kappa shape index (κ1) is 9.15. The molecule has 0 radical (unpaired) electrons. The SMILES string of the molecule is O=C(O)CC1NCCc2ccncc21. The average molecular weight is 192 g/mol. The van der Waals surface area contributed by atoms with E-state index in [0.717, 1.165) is 18.5 Å². The zero-order valence-electron chi connectivity index (χ0n) is 7.73. The van der Waals surface area contributed by atoms with Gasteiger partial charge in [0.1, 0.15) is 0 Å². The van der Waals surface area contributed by atoms with Crippen molar-refractivity contribution in [1.29, 1.82) is 0 Å². The number of carboxylic acids is 1. The normalized spacial score (nSPS) is 20.1. The van der Waals surface area contributed by atoms with Crippen LogP contribution in [0.1, 0.15) is 23.6 Å². The van der Waals surface area contributed by atoms with E-state index in [-0.39, 0.29) is 12.5 Å². The summed E-state index contributed by atoms with van der Waals surface area (Å²) >= 11 is 0. The fourth-order valence-corrected chi connectivity index (χ4v) is 1.82. The van der Waals surface area contributed by atoms with Gasteiger partial charge in [-0.3, -0.25) is 9.78 Å². The molecule has 1 aromatic heterocycles. The molecule has 1 aromatic rings. The summed E-state index contributed by atoms with van der Waals surface area (Å²) in [5.74, 6) is -0.779. The molecule has 0 bridgehead atoms. The van der Waals surface area contributed by atoms with Gasteiger partial charge in [-0.25, -0.2) is 0 Å². The molecular weight excluding hydrogens is 180 g/mol. The van der Waals surface area contributed by atoms with E-state index in [0.29, 0.717) is 0 Å². The number of rotatable bonds is 2. The van der Waals surface area contributed by atoms with E-state index in [2.05, 4.69) is 10.3 Å². The summed E-state index contributed by atoms with van der Waals surface area (Å²) in [5, 5.41) is 11.9. The Morgan fingerprint density at radius 1 is 1.71 bits per heavy atom. The number of nitrogens with zero attached hydrogens (tertiary/aromatic N) is 1. The highest BCUT2D eigenvalue weighted by Crippen LogP contribution is 2.23. The zero-order chi connectivity index (χ0) is 9.97. The van der Waals surface area contributed by atoms with E-state index >= 15 is 0 Å². The molecule has 0 saturated heterocycles. The van der Waals surface area contributed by atoms with Crippen LogP contribution >= 0.6 is 0 Å². The lowest BCUT2D eigenvalue weighted by Crippen LogP contribution is -2.31. The molecule has 1 aliphatic rings. The van der Waals surface area contributed by atoms with E-state index < -0.39 is 5.97 Å². The smallest absolute Gasteiger partial charge is 0.305 e. The Morgan fingerprint density at radius 3 is 3.36 bits per heavy atom. The van der Waals surface area contributed by atoms with Crippen LogP contribution in [-0.4, -0.2) is 22.6 Å². The molecule has 1 aliphatic heterocycles. The number of carboxylic acid groups (broad SMARTS) is 1. The monoisotopic (exact) mass is 192 g/mol. The zero-order valence-corrected chi connectivity index (χ0v) is 7.73. The van der Waals surface area contributed by atoms with Gasteiger partial charge >= 0.3 is 5.97 Å². The lowest BCUT2D eigenvalue weighted by atomic mass is 9.94. The van der Waals surface area contributed by atoms with E-state index in [1.165, 1.54) is 5.56 Å². The first-order valence-corrected chi connectivity index (χ1v) is 4.65. The Kier molecular flexibility index (Phi) is 2.45. The number of nitrogens with one attached hydrogen (secondary N) is 1. The lowest BCUT2D eigenvalue weighted by Gasteiger charge is -2.24. The third-order valence-corrected chi connectivity index (χ3v) is 2.49. The highest BCUT2D eigenvalue weighted by molar-refractivity contribution is 5.68. The molecular formula is C10H12N2O2. The fourth-order valence-electron chi connectivity index (χ4n) is 1.82. The van der Waals surface area contributed by atoms with Crippen LogP contribution in [-0.2, 0) is 11.2 Å². The van der Waals surface area contributed by atoms with Crippen LogP contribution in [0.4, 0.5) is 0 Å². The van der Waals surface area contributed by atoms with Crippen LogP contribution in [0.3, 0.4) is 0 Å². The Hall–Kier alpha value is -1.42. The van der Waals surface area contributed by atoms with Crippen molar-refractivity contribution in [3.05, 3.63) is 29.6 Å². The standard InChI is InChI=1S/C10H12N2O2/c13-10(14)5-9-8-6-11-3-1-7(8)2-4-12-9/h1,3,6,9,12H,2,4-5H2,(H,13,14). The van der Waals surface area contributed by atoms with Crippen LogP contribution in [0.25, 0.3) is 0 Å². The first-order chi connectivity index (χ1) is 6.77. The molecule has 2 N–H and O–H groups in total. The molecule has 74 valence electrons. The minimum atomic E-state index is -0.779. The highest BCUT2D eigenvalue weighted by Gasteiger charge is 2.21. The maximum absolute atomic E-state index is 10.6. The molecule has 1 atom stereocenters. The van der Waals surface area contributed by atoms with Crippen molar-refractivity contribution < 1.29 is 9.90 Å². The fraction of sp³-hybridized carbons (Fsp3) is 0.400. The number of hydrogen-bond acceptors (Lipinski definition) is 3. The van der Waals surface area contributed by atoms with E-state index in [1.54, 1.807) is 12.4 Å². The van der Waals surface area contributed by atoms with Crippen LogP contribution in [0.5, 0.6) is 0 Å². The summed E-state index contributed by atoms with van der Waals surface area (Å²) in [7, 11) is 0. The summed E-state index contributed by atoms with van der Waals surface area (Å²) in [6, 6.07) is 1.88. The number of aliphatic carboxylic acids is 1. The molecule has 0 amide bonds. The largest absolute Gasteiger partial charge is 0.481 e. The van der Waals surface area contributed by atoms with E-state index in [9.17, 15) is 4.79 Å². The minimum Gasteiger partial charge on any atom is -0.481 e. The van der Waals surface area contributed by atoms with Gasteiger partial charge in [0.2, 0.25) is 0 Å². The Balaban J connectivity index is 2.26. The molecule has 4 heteroatoms. The second-order valence-corrected chi connectivity index (χ2v) is 3.43. The topological polar surface area (TPSA) is 62.2 Å². The van der Waals surface area contributed by atoms with Gasteiger partial charge in [0.25, 0.3) is 0 Å². The van der Waals surface area contributed by atoms with Crippen molar-refractivity contribution in [1.82, 2.24) is 10.3 Å². The van der Waals surface area contributed by atoms with Gasteiger partial charge in [0.15, 0.2) is 0 Å². The molecule has 1 unspecified atom stereocenters. The van der Waals surface area contributed by atoms with Gasteiger partial charge in [-0.1, -0.05) is 0 Å². The van der Waals surface area contributed by atoms with Crippen LogP contribution in [0.15, 0.2) is 18.5 Å². The molecule has 4 nitrogen and oxygen atoms in total. The van der Waals surface area contributed by atoms with Gasteiger partial charge in [-0.15, -0.1) is 0 Å². The van der Waals surface area contributed by atoms with Crippen molar-refractivity contribution in [2.75, 3.05) is 6.54 Å². The van der Waals surface area contributed by atoms with E-state index in [1.807, 2.05) is 6.07 Å². The first-order valence-electron chi connectivity index (χ1n) is 4.65. The maximum Gasteiger partial charge on any atom is 0.305 e. The van der Waals surface area contributed by atoms with Gasteiger partial charge in [0, 0.05) is 18.4 Å². The van der Waals surface area contributed by atoms with Crippen molar-refractivity contribution in [2.45, 2.75) is 18.9 Å². The van der Waals surface area contributed by atoms with Crippen molar-refractivity contribution in [3.63, 3.8) is 0 Å². The Morgan fingerprint density at radius 2 is 2.57 bits per heavy atom. The molecule has 2 heterocycles. The van der Waals surface area contributed by atoms with Crippen LogP contribution < -0.4 is 5.32 Å². The quantitative estimate of drug-likeness (QED) is 0.725. The Labute approximate surface area is 82.0 Å². The summed E-state index contributed by atoms with van der Waals surface area (Å²) in [6.07, 6.45) is 4.59. The van der Waals surface area contributed by atoms with Crippen LogP contribution in [0.2, 0.25) is 0 Å². The van der Waals surface area contributed by atoms with Gasteiger partial charge < -0.3 is 10.4 Å². The third kappa shape index (κ3) is 1.75. The molecule has 14 heavy (non-hydrogen) atoms. The summed E-state index contributed by atoms with van der Waals surface area (Å²) in [4.78, 5) is 14.6. The second-order valence-electron chi connectivity index (χ2n) is 3.43. The predicted octanol–water partition coefficient (Wildman–Crippen LogP) is 0.743. The number of hydrogen-bond donors (Lipinski definition) is 2. The summed E-state index contributed by atoms with van der Waals surface area (Å²) < 4.78 is 0. The molecule has 0 aliphatic carbocycles. The molecule has 0 spiro atoms. The van der Waals surface area contributed by atoms with Gasteiger partial charge in [-0.05, 0) is 30.2 Å². The molecule has 0 saturated carbocycles. The maximum atomic E-state index is 10.6. The van der Waals surface area contributed by atoms with E-state index in [4.69, 9.17) is 5.11 Å². The van der Waals surface area contributed by atoms with Crippen molar-refractivity contribution >= 4 is 5.97 Å². The second kappa shape index (κ2) is 3.75. The predicted molar refractivity (Wildman–Crippen MR) is 50.9 cm³/mol. The highest BCUT2D eigenvalue weighted by atomic mass is 16.4. The lowest BCUT2D eigenvalue weighted by molar-refractivity contribution is -0.137. The molecule has 0 fully saturated rings.